The van der Waals surface area contributed by atoms with Crippen molar-refractivity contribution in [3.05, 3.63) is 89.4 Å². The van der Waals surface area contributed by atoms with Gasteiger partial charge in [-0.15, -0.1) is 11.3 Å². The Morgan fingerprint density at radius 3 is 2.24 bits per heavy atom. The maximum absolute atomic E-state index is 4.86. The second-order valence-corrected chi connectivity index (χ2v) is 8.56. The molecule has 0 unspecified atom stereocenters. The number of piperazine rings is 1. The minimum absolute atomic E-state index is 0.950. The summed E-state index contributed by atoms with van der Waals surface area (Å²) in [5.41, 5.74) is 3.84. The lowest BCUT2D eigenvalue weighted by atomic mass is 10.0. The van der Waals surface area contributed by atoms with Gasteiger partial charge in [-0.25, -0.2) is 4.98 Å². The molecule has 3 aromatic carbocycles. The molecular formula is C25H25N3S. The van der Waals surface area contributed by atoms with Gasteiger partial charge in [0.2, 0.25) is 0 Å². The van der Waals surface area contributed by atoms with Crippen LogP contribution in [-0.4, -0.2) is 41.0 Å². The van der Waals surface area contributed by atoms with Crippen LogP contribution in [0.25, 0.3) is 21.3 Å². The highest BCUT2D eigenvalue weighted by Crippen LogP contribution is 2.24. The van der Waals surface area contributed by atoms with Crippen molar-refractivity contribution in [1.29, 1.82) is 0 Å². The third kappa shape index (κ3) is 4.25. The zero-order valence-corrected chi connectivity index (χ0v) is 17.3. The first kappa shape index (κ1) is 18.5. The van der Waals surface area contributed by atoms with Crippen molar-refractivity contribution in [3.63, 3.8) is 0 Å². The monoisotopic (exact) mass is 399 g/mol. The summed E-state index contributed by atoms with van der Waals surface area (Å²) in [5, 5.41) is 6.05. The van der Waals surface area contributed by atoms with Crippen molar-refractivity contribution in [2.24, 2.45) is 0 Å². The summed E-state index contributed by atoms with van der Waals surface area (Å²) in [6.07, 6.45) is 0. The maximum Gasteiger partial charge on any atom is 0.123 e. The van der Waals surface area contributed by atoms with Gasteiger partial charge >= 0.3 is 0 Å². The Balaban J connectivity index is 1.18. The minimum atomic E-state index is 0.950. The van der Waals surface area contributed by atoms with E-state index in [1.54, 1.807) is 11.3 Å². The second kappa shape index (κ2) is 8.46. The Morgan fingerprint density at radius 1 is 0.724 bits per heavy atom. The van der Waals surface area contributed by atoms with Crippen molar-refractivity contribution in [3.8, 4) is 10.6 Å². The van der Waals surface area contributed by atoms with Crippen molar-refractivity contribution in [1.82, 2.24) is 14.8 Å². The lowest BCUT2D eigenvalue weighted by molar-refractivity contribution is 0.121. The average molecular weight is 400 g/mol. The quantitative estimate of drug-likeness (QED) is 0.455. The number of benzene rings is 3. The van der Waals surface area contributed by atoms with E-state index in [2.05, 4.69) is 88.0 Å². The number of nitrogens with zero attached hydrogens (tertiary/aromatic N) is 3. The fourth-order valence-electron chi connectivity index (χ4n) is 4.10. The van der Waals surface area contributed by atoms with Crippen LogP contribution in [0.4, 0.5) is 0 Å². The largest absolute Gasteiger partial charge is 0.297 e. The normalized spacial score (nSPS) is 15.7. The molecule has 29 heavy (non-hydrogen) atoms. The summed E-state index contributed by atoms with van der Waals surface area (Å²) < 4.78 is 0. The number of rotatable bonds is 5. The van der Waals surface area contributed by atoms with Crippen LogP contribution in [0.2, 0.25) is 0 Å². The molecule has 0 N–H and O–H groups in total. The number of hydrogen-bond acceptors (Lipinski definition) is 4. The van der Waals surface area contributed by atoms with Gasteiger partial charge < -0.3 is 0 Å². The first-order valence-corrected chi connectivity index (χ1v) is 11.1. The van der Waals surface area contributed by atoms with Gasteiger partial charge in [0.1, 0.15) is 5.01 Å². The van der Waals surface area contributed by atoms with Gasteiger partial charge in [-0.05, 0) is 16.3 Å². The molecule has 3 nitrogen and oxygen atoms in total. The third-order valence-electron chi connectivity index (χ3n) is 5.70. The van der Waals surface area contributed by atoms with E-state index in [4.69, 9.17) is 4.98 Å². The van der Waals surface area contributed by atoms with Crippen LogP contribution in [0.15, 0.2) is 78.2 Å². The fraction of sp³-hybridized carbons (Fsp3) is 0.240. The van der Waals surface area contributed by atoms with Crippen molar-refractivity contribution in [2.75, 3.05) is 26.2 Å². The van der Waals surface area contributed by atoms with E-state index in [-0.39, 0.29) is 0 Å². The van der Waals surface area contributed by atoms with Crippen LogP contribution >= 0.6 is 11.3 Å². The highest BCUT2D eigenvalue weighted by Gasteiger charge is 2.18. The molecule has 1 aromatic heterocycles. The maximum atomic E-state index is 4.86. The molecule has 0 atom stereocenters. The van der Waals surface area contributed by atoms with Gasteiger partial charge in [0.15, 0.2) is 0 Å². The van der Waals surface area contributed by atoms with E-state index in [0.29, 0.717) is 0 Å². The summed E-state index contributed by atoms with van der Waals surface area (Å²) in [6.45, 7) is 6.40. The number of aromatic nitrogens is 1. The zero-order chi connectivity index (χ0) is 19.5. The predicted octanol–water partition coefficient (Wildman–Crippen LogP) is 5.28. The van der Waals surface area contributed by atoms with Crippen molar-refractivity contribution < 1.29 is 0 Å². The molecule has 0 spiro atoms. The molecule has 4 heteroatoms. The van der Waals surface area contributed by atoms with Crippen LogP contribution in [0.5, 0.6) is 0 Å². The summed E-state index contributed by atoms with van der Waals surface area (Å²) in [4.78, 5) is 9.97. The Labute approximate surface area is 176 Å². The van der Waals surface area contributed by atoms with Gasteiger partial charge in [-0.3, -0.25) is 9.80 Å². The standard InChI is InChI=1S/C25H25N3S/c1-2-8-21(9-3-1)25-26-23(19-29-25)18-28-15-13-27(14-16-28)17-22-11-6-10-20-7-4-5-12-24(20)22/h1-12,19H,13-18H2. The van der Waals surface area contributed by atoms with Crippen LogP contribution in [0, 0.1) is 0 Å². The van der Waals surface area contributed by atoms with Crippen LogP contribution < -0.4 is 0 Å². The average Bonchev–Trinajstić information content (AvgIpc) is 3.25. The molecule has 0 saturated carbocycles. The van der Waals surface area contributed by atoms with E-state index in [0.717, 1.165) is 44.3 Å². The minimum Gasteiger partial charge on any atom is -0.297 e. The fourth-order valence-corrected chi connectivity index (χ4v) is 4.92. The van der Waals surface area contributed by atoms with Gasteiger partial charge in [-0.2, -0.15) is 0 Å². The molecule has 1 saturated heterocycles. The summed E-state index contributed by atoms with van der Waals surface area (Å²) >= 11 is 1.75. The zero-order valence-electron chi connectivity index (χ0n) is 16.5. The molecule has 4 aromatic rings. The van der Waals surface area contributed by atoms with Crippen molar-refractivity contribution >= 4 is 22.1 Å². The molecule has 1 fully saturated rings. The third-order valence-corrected chi connectivity index (χ3v) is 6.64. The highest BCUT2D eigenvalue weighted by molar-refractivity contribution is 7.13. The van der Waals surface area contributed by atoms with E-state index in [1.165, 1.54) is 27.6 Å². The Hall–Kier alpha value is -2.53. The van der Waals surface area contributed by atoms with E-state index in [9.17, 15) is 0 Å². The van der Waals surface area contributed by atoms with Gasteiger partial charge in [0, 0.05) is 50.2 Å². The molecule has 0 amide bonds. The molecular weight excluding hydrogens is 374 g/mol. The predicted molar refractivity (Wildman–Crippen MR) is 122 cm³/mol. The first-order chi connectivity index (χ1) is 14.3. The highest BCUT2D eigenvalue weighted by atomic mass is 32.1. The van der Waals surface area contributed by atoms with Crippen LogP contribution in [0.3, 0.4) is 0 Å². The Morgan fingerprint density at radius 2 is 1.41 bits per heavy atom. The molecule has 146 valence electrons. The first-order valence-electron chi connectivity index (χ1n) is 10.3. The number of hydrogen-bond donors (Lipinski definition) is 0. The van der Waals surface area contributed by atoms with Crippen molar-refractivity contribution in [2.45, 2.75) is 13.1 Å². The van der Waals surface area contributed by atoms with Gasteiger partial charge in [0.25, 0.3) is 0 Å². The molecule has 5 rings (SSSR count). The molecule has 0 aliphatic carbocycles. The number of fused-ring (bicyclic) bond motifs is 1. The molecule has 1 aliphatic rings. The molecule has 0 radical (unpaired) electrons. The SMILES string of the molecule is c1ccc(-c2nc(CN3CCN(Cc4cccc5ccccc45)CC3)cs2)cc1. The number of thiazole rings is 1. The lowest BCUT2D eigenvalue weighted by Crippen LogP contribution is -2.45. The van der Waals surface area contributed by atoms with Gasteiger partial charge in [-0.1, -0.05) is 72.8 Å². The molecule has 1 aliphatic heterocycles. The molecule has 0 bridgehead atoms. The van der Waals surface area contributed by atoms with Crippen LogP contribution in [-0.2, 0) is 13.1 Å². The van der Waals surface area contributed by atoms with E-state index < -0.39 is 0 Å². The Bertz CT molecular complexity index is 1080. The molecule has 2 heterocycles. The van der Waals surface area contributed by atoms with Gasteiger partial charge in [0.05, 0.1) is 5.69 Å². The summed E-state index contributed by atoms with van der Waals surface area (Å²) in [6, 6.07) is 25.8. The second-order valence-electron chi connectivity index (χ2n) is 7.70. The topological polar surface area (TPSA) is 19.4 Å². The van der Waals surface area contributed by atoms with Crippen LogP contribution in [0.1, 0.15) is 11.3 Å². The summed E-state index contributed by atoms with van der Waals surface area (Å²) in [5.74, 6) is 0. The van der Waals surface area contributed by atoms with E-state index in [1.807, 2.05) is 0 Å². The smallest absolute Gasteiger partial charge is 0.123 e. The lowest BCUT2D eigenvalue weighted by Gasteiger charge is -2.34. The van der Waals surface area contributed by atoms with E-state index >= 15 is 0 Å². The summed E-state index contributed by atoms with van der Waals surface area (Å²) in [7, 11) is 0. The Kier molecular flexibility index (Phi) is 5.39.